The third-order valence-electron chi connectivity index (χ3n) is 5.33. The van der Waals surface area contributed by atoms with Crippen LogP contribution < -0.4 is 0 Å². The van der Waals surface area contributed by atoms with Crippen molar-refractivity contribution in [3.8, 4) is 0 Å². The lowest BCUT2D eigenvalue weighted by Crippen LogP contribution is -2.46. The van der Waals surface area contributed by atoms with Gasteiger partial charge in [0.15, 0.2) is 0 Å². The van der Waals surface area contributed by atoms with Crippen LogP contribution in [0.2, 0.25) is 0 Å². The molecule has 3 rings (SSSR count). The summed E-state index contributed by atoms with van der Waals surface area (Å²) in [5, 5.41) is 0. The smallest absolute Gasteiger partial charge is 0.223 e. The second-order valence-electron chi connectivity index (χ2n) is 7.58. The highest BCUT2D eigenvalue weighted by Crippen LogP contribution is 2.35. The van der Waals surface area contributed by atoms with Gasteiger partial charge in [0.05, 0.1) is 31.3 Å². The molecule has 1 amide bonds. The standard InChI is InChI=1S/C18H28N2O5S/c1-19(11-15-4-3-8-24-15)12-17-16-5-7-20(10-14(16)13-25-17)18(21)6-9-26(2,22)23/h3-4,8,14,16-17H,5-7,9-13H2,1-2H3/t14-,16-,17+/m1/s1. The van der Waals surface area contributed by atoms with Crippen molar-refractivity contribution in [3.63, 3.8) is 0 Å². The van der Waals surface area contributed by atoms with E-state index in [1.807, 2.05) is 17.0 Å². The topological polar surface area (TPSA) is 80.1 Å². The number of piperidine rings is 1. The normalized spacial score (nSPS) is 26.3. The van der Waals surface area contributed by atoms with Crippen LogP contribution in [0.25, 0.3) is 0 Å². The first-order chi connectivity index (χ1) is 12.3. The van der Waals surface area contributed by atoms with Gasteiger partial charge in [0.1, 0.15) is 15.6 Å². The number of hydrogen-bond acceptors (Lipinski definition) is 6. The molecule has 7 nitrogen and oxygen atoms in total. The Morgan fingerprint density at radius 1 is 1.42 bits per heavy atom. The zero-order valence-corrected chi connectivity index (χ0v) is 16.3. The molecule has 0 radical (unpaired) electrons. The minimum atomic E-state index is -3.10. The fourth-order valence-electron chi connectivity index (χ4n) is 3.97. The molecule has 0 unspecified atom stereocenters. The van der Waals surface area contributed by atoms with Crippen LogP contribution in [0.1, 0.15) is 18.6 Å². The van der Waals surface area contributed by atoms with Crippen molar-refractivity contribution in [1.29, 1.82) is 0 Å². The second-order valence-corrected chi connectivity index (χ2v) is 9.84. The molecule has 2 fully saturated rings. The van der Waals surface area contributed by atoms with Crippen LogP contribution >= 0.6 is 0 Å². The number of rotatable bonds is 7. The highest BCUT2D eigenvalue weighted by Gasteiger charge is 2.42. The SMILES string of the molecule is CN(Cc1ccco1)C[C@@H]1OC[C@H]2CN(C(=O)CCS(C)(=O)=O)CC[C@H]21. The molecule has 3 atom stereocenters. The van der Waals surface area contributed by atoms with Crippen molar-refractivity contribution in [3.05, 3.63) is 24.2 Å². The number of carbonyl (C=O) groups is 1. The summed E-state index contributed by atoms with van der Waals surface area (Å²) in [5.74, 6) is 1.59. The first kappa shape index (κ1) is 19.4. The fraction of sp³-hybridized carbons (Fsp3) is 0.722. The molecule has 0 bridgehead atoms. The summed E-state index contributed by atoms with van der Waals surface area (Å²) in [6, 6.07) is 3.86. The van der Waals surface area contributed by atoms with E-state index in [1.54, 1.807) is 6.26 Å². The van der Waals surface area contributed by atoms with Crippen molar-refractivity contribution < 1.29 is 22.4 Å². The zero-order valence-electron chi connectivity index (χ0n) is 15.5. The monoisotopic (exact) mass is 384 g/mol. The summed E-state index contributed by atoms with van der Waals surface area (Å²) in [5.41, 5.74) is 0. The Labute approximate surface area is 155 Å². The molecular weight excluding hydrogens is 356 g/mol. The number of ether oxygens (including phenoxy) is 1. The zero-order chi connectivity index (χ0) is 18.7. The number of nitrogens with zero attached hydrogens (tertiary/aromatic N) is 2. The van der Waals surface area contributed by atoms with E-state index in [2.05, 4.69) is 11.9 Å². The lowest BCUT2D eigenvalue weighted by Gasteiger charge is -2.36. The maximum atomic E-state index is 12.3. The van der Waals surface area contributed by atoms with E-state index in [0.717, 1.165) is 25.3 Å². The number of amides is 1. The molecule has 3 heterocycles. The van der Waals surface area contributed by atoms with Crippen LogP contribution in [0, 0.1) is 11.8 Å². The highest BCUT2D eigenvalue weighted by molar-refractivity contribution is 7.90. The summed E-state index contributed by atoms with van der Waals surface area (Å²) >= 11 is 0. The van der Waals surface area contributed by atoms with E-state index in [4.69, 9.17) is 9.15 Å². The fourth-order valence-corrected chi connectivity index (χ4v) is 4.52. The molecular formula is C18H28N2O5S. The molecule has 0 N–H and O–H groups in total. The summed E-state index contributed by atoms with van der Waals surface area (Å²) in [4.78, 5) is 16.3. The van der Waals surface area contributed by atoms with E-state index >= 15 is 0 Å². The van der Waals surface area contributed by atoms with Crippen LogP contribution in [-0.2, 0) is 25.9 Å². The van der Waals surface area contributed by atoms with Gasteiger partial charge in [0, 0.05) is 38.2 Å². The van der Waals surface area contributed by atoms with E-state index in [-0.39, 0.29) is 24.2 Å². The molecule has 2 saturated heterocycles. The molecule has 1 aromatic rings. The number of likely N-dealkylation sites (N-methyl/N-ethyl adjacent to an activating group) is 1. The number of carbonyl (C=O) groups excluding carboxylic acids is 1. The minimum Gasteiger partial charge on any atom is -0.468 e. The summed E-state index contributed by atoms with van der Waals surface area (Å²) in [6.45, 7) is 3.61. The average Bonchev–Trinajstić information content (AvgIpc) is 3.21. The van der Waals surface area contributed by atoms with Gasteiger partial charge in [0.25, 0.3) is 0 Å². The quantitative estimate of drug-likeness (QED) is 0.698. The van der Waals surface area contributed by atoms with Crippen molar-refractivity contribution in [1.82, 2.24) is 9.80 Å². The Bertz CT molecular complexity index is 703. The number of likely N-dealkylation sites (tertiary alicyclic amines) is 1. The van der Waals surface area contributed by atoms with Crippen LogP contribution in [-0.4, -0.2) is 75.5 Å². The van der Waals surface area contributed by atoms with Gasteiger partial charge in [0.2, 0.25) is 5.91 Å². The Hall–Kier alpha value is -1.38. The van der Waals surface area contributed by atoms with Gasteiger partial charge in [-0.25, -0.2) is 8.42 Å². The molecule has 2 aliphatic heterocycles. The van der Waals surface area contributed by atoms with Crippen LogP contribution in [0.4, 0.5) is 0 Å². The van der Waals surface area contributed by atoms with E-state index in [0.29, 0.717) is 31.5 Å². The van der Waals surface area contributed by atoms with Crippen molar-refractivity contribution in [2.75, 3.05) is 45.3 Å². The molecule has 0 saturated carbocycles. The third kappa shape index (κ3) is 5.08. The summed E-state index contributed by atoms with van der Waals surface area (Å²) in [6.07, 6.45) is 4.01. The van der Waals surface area contributed by atoms with Gasteiger partial charge in [-0.15, -0.1) is 0 Å². The van der Waals surface area contributed by atoms with Gasteiger partial charge >= 0.3 is 0 Å². The predicted octanol–water partition coefficient (Wildman–Crippen LogP) is 1.01. The van der Waals surface area contributed by atoms with Gasteiger partial charge in [-0.2, -0.15) is 0 Å². The van der Waals surface area contributed by atoms with Gasteiger partial charge in [-0.3, -0.25) is 9.69 Å². The Morgan fingerprint density at radius 2 is 2.23 bits per heavy atom. The predicted molar refractivity (Wildman–Crippen MR) is 97.3 cm³/mol. The Morgan fingerprint density at radius 3 is 2.92 bits per heavy atom. The van der Waals surface area contributed by atoms with Crippen LogP contribution in [0.15, 0.2) is 22.8 Å². The number of furan rings is 1. The third-order valence-corrected chi connectivity index (χ3v) is 6.28. The minimum absolute atomic E-state index is 0.0627. The van der Waals surface area contributed by atoms with E-state index in [1.165, 1.54) is 6.26 Å². The molecule has 1 aromatic heterocycles. The van der Waals surface area contributed by atoms with Crippen molar-refractivity contribution in [2.45, 2.75) is 25.5 Å². The largest absolute Gasteiger partial charge is 0.468 e. The number of fused-ring (bicyclic) bond motifs is 1. The molecule has 0 spiro atoms. The second kappa shape index (κ2) is 8.10. The van der Waals surface area contributed by atoms with Gasteiger partial charge < -0.3 is 14.1 Å². The van der Waals surface area contributed by atoms with Gasteiger partial charge in [-0.05, 0) is 31.5 Å². The average molecular weight is 384 g/mol. The van der Waals surface area contributed by atoms with Crippen LogP contribution in [0.5, 0.6) is 0 Å². The first-order valence-electron chi connectivity index (χ1n) is 9.10. The number of hydrogen-bond donors (Lipinski definition) is 0. The van der Waals surface area contributed by atoms with E-state index in [9.17, 15) is 13.2 Å². The van der Waals surface area contributed by atoms with Gasteiger partial charge in [-0.1, -0.05) is 0 Å². The summed E-state index contributed by atoms with van der Waals surface area (Å²) < 4.78 is 33.9. The lowest BCUT2D eigenvalue weighted by molar-refractivity contribution is -0.133. The van der Waals surface area contributed by atoms with Crippen molar-refractivity contribution in [2.24, 2.45) is 11.8 Å². The highest BCUT2D eigenvalue weighted by atomic mass is 32.2. The first-order valence-corrected chi connectivity index (χ1v) is 11.2. The Balaban J connectivity index is 1.48. The summed E-state index contributed by atoms with van der Waals surface area (Å²) in [7, 11) is -1.05. The Kier molecular flexibility index (Phi) is 6.04. The maximum Gasteiger partial charge on any atom is 0.223 e. The molecule has 8 heteroatoms. The molecule has 26 heavy (non-hydrogen) atoms. The van der Waals surface area contributed by atoms with Crippen LogP contribution in [0.3, 0.4) is 0 Å². The van der Waals surface area contributed by atoms with E-state index < -0.39 is 9.84 Å². The lowest BCUT2D eigenvalue weighted by atomic mass is 9.84. The molecule has 0 aromatic carbocycles. The van der Waals surface area contributed by atoms with Crippen molar-refractivity contribution >= 4 is 15.7 Å². The molecule has 0 aliphatic carbocycles. The number of sulfone groups is 1. The molecule has 2 aliphatic rings. The maximum absolute atomic E-state index is 12.3. The molecule has 146 valence electrons.